The smallest absolute Gasteiger partial charge is 0.0750 e. The minimum Gasteiger partial charge on any atom is -0.380 e. The Labute approximate surface area is 115 Å². The third-order valence-electron chi connectivity index (χ3n) is 3.17. The first-order chi connectivity index (χ1) is 9.36. The maximum Gasteiger partial charge on any atom is 0.0750 e. The van der Waals surface area contributed by atoms with E-state index >= 15 is 0 Å². The molecule has 0 amide bonds. The molecule has 3 nitrogen and oxygen atoms in total. The van der Waals surface area contributed by atoms with Crippen LogP contribution in [0.4, 0.5) is 0 Å². The van der Waals surface area contributed by atoms with E-state index in [-0.39, 0.29) is 6.04 Å². The molecular formula is C16H22N2O. The molecule has 19 heavy (non-hydrogen) atoms. The minimum atomic E-state index is 0.207. The fourth-order valence-electron chi connectivity index (χ4n) is 2.22. The molecular weight excluding hydrogens is 236 g/mol. The number of pyridine rings is 1. The number of aromatic nitrogens is 1. The van der Waals surface area contributed by atoms with Crippen molar-refractivity contribution in [3.8, 4) is 0 Å². The Morgan fingerprint density at radius 3 is 2.84 bits per heavy atom. The van der Waals surface area contributed by atoms with E-state index in [0.717, 1.165) is 25.1 Å². The molecule has 0 saturated carbocycles. The van der Waals surface area contributed by atoms with Gasteiger partial charge in [-0.25, -0.2) is 0 Å². The zero-order valence-electron chi connectivity index (χ0n) is 11.7. The first kappa shape index (κ1) is 14.0. The summed E-state index contributed by atoms with van der Waals surface area (Å²) >= 11 is 0. The van der Waals surface area contributed by atoms with Crippen LogP contribution in [0.3, 0.4) is 0 Å². The highest BCUT2D eigenvalue weighted by atomic mass is 16.5. The lowest BCUT2D eigenvalue weighted by atomic mass is 10.0. The Balaban J connectivity index is 2.31. The van der Waals surface area contributed by atoms with Crippen LogP contribution in [0.25, 0.3) is 10.9 Å². The summed E-state index contributed by atoms with van der Waals surface area (Å²) in [5, 5.41) is 4.73. The van der Waals surface area contributed by atoms with E-state index in [1.807, 2.05) is 19.2 Å². The van der Waals surface area contributed by atoms with Crippen LogP contribution in [0.1, 0.15) is 31.9 Å². The summed E-state index contributed by atoms with van der Waals surface area (Å²) in [7, 11) is 0. The summed E-state index contributed by atoms with van der Waals surface area (Å²) < 4.78 is 5.61. The van der Waals surface area contributed by atoms with Crippen LogP contribution in [-0.4, -0.2) is 24.7 Å². The van der Waals surface area contributed by atoms with Gasteiger partial charge in [0.2, 0.25) is 0 Å². The molecule has 1 aromatic carbocycles. The zero-order valence-corrected chi connectivity index (χ0v) is 11.7. The number of nitrogens with zero attached hydrogens (tertiary/aromatic N) is 1. The van der Waals surface area contributed by atoms with Gasteiger partial charge in [-0.15, -0.1) is 0 Å². The van der Waals surface area contributed by atoms with Crippen molar-refractivity contribution >= 4 is 10.9 Å². The maximum absolute atomic E-state index is 5.61. The van der Waals surface area contributed by atoms with Gasteiger partial charge in [0, 0.05) is 18.2 Å². The van der Waals surface area contributed by atoms with Crippen LogP contribution in [0.15, 0.2) is 36.5 Å². The van der Waals surface area contributed by atoms with Crippen molar-refractivity contribution in [3.05, 3.63) is 42.1 Å². The fraction of sp³-hybridized carbons (Fsp3) is 0.438. The summed E-state index contributed by atoms with van der Waals surface area (Å²) in [6.45, 7) is 6.61. The molecule has 0 spiro atoms. The zero-order chi connectivity index (χ0) is 13.5. The molecule has 0 bridgehead atoms. The molecule has 0 saturated heterocycles. The van der Waals surface area contributed by atoms with Gasteiger partial charge in [0.1, 0.15) is 0 Å². The quantitative estimate of drug-likeness (QED) is 0.827. The van der Waals surface area contributed by atoms with Gasteiger partial charge in [-0.05, 0) is 31.5 Å². The molecule has 0 fully saturated rings. The molecule has 1 N–H and O–H groups in total. The Bertz CT molecular complexity index is 500. The number of nitrogens with one attached hydrogen (secondary N) is 1. The van der Waals surface area contributed by atoms with E-state index in [1.165, 1.54) is 10.9 Å². The van der Waals surface area contributed by atoms with Crippen molar-refractivity contribution in [2.75, 3.05) is 19.8 Å². The summed E-state index contributed by atoms with van der Waals surface area (Å²) in [6, 6.07) is 10.6. The second kappa shape index (κ2) is 7.22. The topological polar surface area (TPSA) is 34.1 Å². The number of benzene rings is 1. The Morgan fingerprint density at radius 2 is 2.05 bits per heavy atom. The van der Waals surface area contributed by atoms with E-state index in [9.17, 15) is 0 Å². The molecule has 1 aromatic heterocycles. The van der Waals surface area contributed by atoms with Crippen LogP contribution in [0.5, 0.6) is 0 Å². The van der Waals surface area contributed by atoms with Crippen molar-refractivity contribution in [3.63, 3.8) is 0 Å². The van der Waals surface area contributed by atoms with Crippen molar-refractivity contribution in [1.29, 1.82) is 0 Å². The Morgan fingerprint density at radius 1 is 1.21 bits per heavy atom. The first-order valence-corrected chi connectivity index (χ1v) is 7.01. The molecule has 3 heteroatoms. The van der Waals surface area contributed by atoms with Gasteiger partial charge in [-0.1, -0.05) is 31.2 Å². The molecule has 1 heterocycles. The predicted molar refractivity (Wildman–Crippen MR) is 79.3 cm³/mol. The highest BCUT2D eigenvalue weighted by molar-refractivity contribution is 5.82. The van der Waals surface area contributed by atoms with Crippen molar-refractivity contribution in [1.82, 2.24) is 10.3 Å². The Hall–Kier alpha value is -1.45. The van der Waals surface area contributed by atoms with Crippen molar-refractivity contribution in [2.45, 2.75) is 26.3 Å². The van der Waals surface area contributed by atoms with Gasteiger partial charge in [-0.3, -0.25) is 4.98 Å². The van der Waals surface area contributed by atoms with Gasteiger partial charge in [0.25, 0.3) is 0 Å². The highest BCUT2D eigenvalue weighted by Crippen LogP contribution is 2.22. The van der Waals surface area contributed by atoms with Crippen molar-refractivity contribution < 1.29 is 4.74 Å². The number of hydrogen-bond acceptors (Lipinski definition) is 3. The maximum atomic E-state index is 5.61. The predicted octanol–water partition coefficient (Wildman–Crippen LogP) is 3.31. The van der Waals surface area contributed by atoms with Crippen LogP contribution in [0, 0.1) is 0 Å². The lowest BCUT2D eigenvalue weighted by molar-refractivity contribution is 0.123. The molecule has 1 unspecified atom stereocenters. The number of fused-ring (bicyclic) bond motifs is 1. The van der Waals surface area contributed by atoms with Crippen LogP contribution >= 0.6 is 0 Å². The highest BCUT2D eigenvalue weighted by Gasteiger charge is 2.14. The van der Waals surface area contributed by atoms with Gasteiger partial charge >= 0.3 is 0 Å². The molecule has 0 aliphatic rings. The number of para-hydroxylation sites is 1. The molecule has 0 aliphatic heterocycles. The molecule has 2 aromatic rings. The minimum absolute atomic E-state index is 0.207. The lowest BCUT2D eigenvalue weighted by Crippen LogP contribution is -2.26. The summed E-state index contributed by atoms with van der Waals surface area (Å²) in [5.74, 6) is 0. The average molecular weight is 258 g/mol. The standard InChI is InChI=1S/C16H22N2O/c1-3-10-17-15(12-19-4-2)14-9-5-7-13-8-6-11-18-16(13)14/h5-9,11,15,17H,3-4,10,12H2,1-2H3. The van der Waals surface area contributed by atoms with Gasteiger partial charge in [0.15, 0.2) is 0 Å². The van der Waals surface area contributed by atoms with Crippen LogP contribution < -0.4 is 5.32 Å². The monoisotopic (exact) mass is 258 g/mol. The number of rotatable bonds is 7. The normalized spacial score (nSPS) is 12.7. The summed E-state index contributed by atoms with van der Waals surface area (Å²) in [6.07, 6.45) is 2.96. The molecule has 0 radical (unpaired) electrons. The third-order valence-corrected chi connectivity index (χ3v) is 3.17. The van der Waals surface area contributed by atoms with Gasteiger partial charge in [-0.2, -0.15) is 0 Å². The van der Waals surface area contributed by atoms with E-state index in [1.54, 1.807) is 0 Å². The van der Waals surface area contributed by atoms with Crippen molar-refractivity contribution in [2.24, 2.45) is 0 Å². The van der Waals surface area contributed by atoms with E-state index < -0.39 is 0 Å². The lowest BCUT2D eigenvalue weighted by Gasteiger charge is -2.20. The molecule has 102 valence electrons. The second-order valence-corrected chi connectivity index (χ2v) is 4.59. The summed E-state index contributed by atoms with van der Waals surface area (Å²) in [5.41, 5.74) is 2.29. The first-order valence-electron chi connectivity index (χ1n) is 7.01. The van der Waals surface area contributed by atoms with Gasteiger partial charge < -0.3 is 10.1 Å². The van der Waals surface area contributed by atoms with E-state index in [2.05, 4.69) is 41.5 Å². The fourth-order valence-corrected chi connectivity index (χ4v) is 2.22. The van der Waals surface area contributed by atoms with E-state index in [0.29, 0.717) is 6.61 Å². The van der Waals surface area contributed by atoms with Crippen LogP contribution in [-0.2, 0) is 4.74 Å². The molecule has 0 aliphatic carbocycles. The number of hydrogen-bond donors (Lipinski definition) is 1. The molecule has 1 atom stereocenters. The average Bonchev–Trinajstić information content (AvgIpc) is 2.47. The third kappa shape index (κ3) is 3.52. The Kier molecular flexibility index (Phi) is 5.31. The second-order valence-electron chi connectivity index (χ2n) is 4.59. The summed E-state index contributed by atoms with van der Waals surface area (Å²) in [4.78, 5) is 4.52. The largest absolute Gasteiger partial charge is 0.380 e. The van der Waals surface area contributed by atoms with Crippen LogP contribution in [0.2, 0.25) is 0 Å². The molecule has 2 rings (SSSR count). The SMILES string of the molecule is CCCNC(COCC)c1cccc2cccnc12. The van der Waals surface area contributed by atoms with Gasteiger partial charge in [0.05, 0.1) is 18.2 Å². The van der Waals surface area contributed by atoms with E-state index in [4.69, 9.17) is 4.74 Å². The number of ether oxygens (including phenoxy) is 1.